The summed E-state index contributed by atoms with van der Waals surface area (Å²) in [6.07, 6.45) is 2.28. The van der Waals surface area contributed by atoms with E-state index < -0.39 is 40.7 Å². The van der Waals surface area contributed by atoms with Crippen molar-refractivity contribution in [3.63, 3.8) is 0 Å². The number of hydrogen-bond acceptors (Lipinski definition) is 8. The summed E-state index contributed by atoms with van der Waals surface area (Å²) in [6.45, 7) is 1.08. The van der Waals surface area contributed by atoms with Crippen molar-refractivity contribution in [1.29, 1.82) is 0 Å². The van der Waals surface area contributed by atoms with Gasteiger partial charge in [0.25, 0.3) is 0 Å². The molecule has 204 valence electrons. The number of pyridine rings is 1. The van der Waals surface area contributed by atoms with Crippen LogP contribution in [0.25, 0.3) is 21.0 Å². The molecule has 1 saturated heterocycles. The number of halogens is 3. The summed E-state index contributed by atoms with van der Waals surface area (Å²) in [6, 6.07) is 9.41. The zero-order valence-corrected chi connectivity index (χ0v) is 23.0. The summed E-state index contributed by atoms with van der Waals surface area (Å²) in [7, 11) is -1.23. The van der Waals surface area contributed by atoms with Gasteiger partial charge in [0.1, 0.15) is 5.01 Å². The number of rotatable bonds is 5. The lowest BCUT2D eigenvalue weighted by Gasteiger charge is -2.41. The summed E-state index contributed by atoms with van der Waals surface area (Å²) in [5, 5.41) is 1.01. The van der Waals surface area contributed by atoms with Crippen molar-refractivity contribution in [1.82, 2.24) is 9.97 Å². The molecule has 2 unspecified atom stereocenters. The highest BCUT2D eigenvalue weighted by atomic mass is 35.5. The molecule has 1 aliphatic heterocycles. The van der Waals surface area contributed by atoms with Gasteiger partial charge in [0.2, 0.25) is 5.92 Å². The fourth-order valence-electron chi connectivity index (χ4n) is 5.11. The topological polar surface area (TPSA) is 95.8 Å². The van der Waals surface area contributed by atoms with Crippen molar-refractivity contribution in [2.45, 2.75) is 31.1 Å². The molecule has 0 spiro atoms. The molecule has 1 aliphatic carbocycles. The van der Waals surface area contributed by atoms with Crippen LogP contribution in [-0.4, -0.2) is 62.7 Å². The van der Waals surface area contributed by atoms with Crippen LogP contribution in [0.1, 0.15) is 30.9 Å². The van der Waals surface area contributed by atoms with E-state index in [1.165, 1.54) is 24.6 Å². The lowest BCUT2D eigenvalue weighted by molar-refractivity contribution is -0.151. The number of hydrogen-bond donors (Lipinski definition) is 2. The molecule has 1 aromatic carbocycles. The lowest BCUT2D eigenvalue weighted by atomic mass is 9.75. The average Bonchev–Trinajstić information content (AvgIpc) is 3.33. The van der Waals surface area contributed by atoms with E-state index in [1.807, 2.05) is 24.3 Å². The number of alkyl halides is 2. The van der Waals surface area contributed by atoms with Gasteiger partial charge in [-0.25, -0.2) is 13.8 Å². The van der Waals surface area contributed by atoms with Gasteiger partial charge in [-0.3, -0.25) is 18.9 Å². The van der Waals surface area contributed by atoms with Crippen molar-refractivity contribution < 1.29 is 27.4 Å². The van der Waals surface area contributed by atoms with Crippen LogP contribution in [0.4, 0.5) is 14.5 Å². The number of nitrogens with zero attached hydrogens (tertiary/aromatic N) is 3. The van der Waals surface area contributed by atoms with Gasteiger partial charge >= 0.3 is 5.97 Å². The van der Waals surface area contributed by atoms with Crippen molar-refractivity contribution >= 4 is 45.2 Å². The summed E-state index contributed by atoms with van der Waals surface area (Å²) < 4.78 is 54.2. The summed E-state index contributed by atoms with van der Waals surface area (Å²) in [4.78, 5) is 24.4. The molecule has 0 amide bonds. The third kappa shape index (κ3) is 5.81. The molecular weight excluding hydrogens is 556 g/mol. The van der Waals surface area contributed by atoms with Gasteiger partial charge in [-0.2, -0.15) is 10.6 Å². The van der Waals surface area contributed by atoms with E-state index in [0.29, 0.717) is 50.8 Å². The molecule has 1 saturated carbocycles. The Labute approximate surface area is 230 Å². The molecule has 5 rings (SSSR count). The van der Waals surface area contributed by atoms with Crippen LogP contribution < -0.4 is 4.90 Å². The van der Waals surface area contributed by atoms with Crippen molar-refractivity contribution in [2.75, 3.05) is 36.6 Å². The second kappa shape index (κ2) is 10.7. The standard InChI is InChI=1S/C26H28ClF2N3O4S2/c1-36-25(33)20-6-7-26(28,29)13-21(20)22-23(37-24(31-22)17-12-18(27)15-30-14-17)16-2-4-19(5-3-16)32-8-10-38(34,35)11-9-32/h2-5,12,14-15,20-21,34-35H,6-11,13H2,1H3. The van der Waals surface area contributed by atoms with E-state index in [4.69, 9.17) is 21.3 Å². The predicted molar refractivity (Wildman–Crippen MR) is 148 cm³/mol. The van der Waals surface area contributed by atoms with Crippen LogP contribution in [0.5, 0.6) is 0 Å². The van der Waals surface area contributed by atoms with E-state index >= 15 is 0 Å². The highest BCUT2D eigenvalue weighted by Gasteiger charge is 2.47. The van der Waals surface area contributed by atoms with Gasteiger partial charge in [-0.1, -0.05) is 23.7 Å². The number of aromatic nitrogens is 2. The number of carbonyl (C=O) groups is 1. The largest absolute Gasteiger partial charge is 0.469 e. The maximum atomic E-state index is 14.7. The third-order valence-electron chi connectivity index (χ3n) is 7.16. The van der Waals surface area contributed by atoms with Crippen LogP contribution in [0, 0.1) is 5.92 Å². The number of carbonyl (C=O) groups excluding carboxylic acids is 1. The van der Waals surface area contributed by atoms with Crippen molar-refractivity contribution in [3.05, 3.63) is 53.4 Å². The van der Waals surface area contributed by atoms with Gasteiger partial charge in [0.15, 0.2) is 0 Å². The molecule has 3 heterocycles. The molecule has 2 aliphatic rings. The number of ether oxygens (including phenoxy) is 1. The van der Waals surface area contributed by atoms with Crippen molar-refractivity contribution in [3.8, 4) is 21.0 Å². The summed E-state index contributed by atoms with van der Waals surface area (Å²) in [5.74, 6) is -4.31. The number of benzene rings is 1. The van der Waals surface area contributed by atoms with E-state index in [9.17, 15) is 22.7 Å². The zero-order chi connectivity index (χ0) is 27.1. The summed E-state index contributed by atoms with van der Waals surface area (Å²) in [5.41, 5.74) is 2.84. The van der Waals surface area contributed by atoms with Gasteiger partial charge in [-0.15, -0.1) is 11.3 Å². The first kappa shape index (κ1) is 27.3. The maximum Gasteiger partial charge on any atom is 0.309 e. The Morgan fingerprint density at radius 3 is 2.55 bits per heavy atom. The lowest BCUT2D eigenvalue weighted by Crippen LogP contribution is -2.38. The third-order valence-corrected chi connectivity index (χ3v) is 10.2. The van der Waals surface area contributed by atoms with E-state index in [1.54, 1.807) is 12.3 Å². The van der Waals surface area contributed by atoms with Crippen LogP contribution in [-0.2, 0) is 9.53 Å². The molecule has 38 heavy (non-hydrogen) atoms. The summed E-state index contributed by atoms with van der Waals surface area (Å²) >= 11 is 7.50. The van der Waals surface area contributed by atoms with Crippen LogP contribution >= 0.6 is 33.5 Å². The molecule has 3 aromatic rings. The Balaban J connectivity index is 1.55. The molecule has 12 heteroatoms. The smallest absolute Gasteiger partial charge is 0.309 e. The van der Waals surface area contributed by atoms with Crippen molar-refractivity contribution in [2.24, 2.45) is 5.92 Å². The van der Waals surface area contributed by atoms with E-state index in [2.05, 4.69) is 9.88 Å². The van der Waals surface area contributed by atoms with Gasteiger partial charge < -0.3 is 9.64 Å². The molecule has 0 bridgehead atoms. The number of thiazole rings is 1. The Bertz CT molecular complexity index is 1310. The van der Waals surface area contributed by atoms with Gasteiger partial charge in [0, 0.05) is 55.5 Å². The monoisotopic (exact) mass is 583 g/mol. The number of esters is 1. The van der Waals surface area contributed by atoms with Crippen LogP contribution in [0.15, 0.2) is 42.7 Å². The minimum atomic E-state index is -2.91. The Kier molecular flexibility index (Phi) is 7.67. The quantitative estimate of drug-likeness (QED) is 0.319. The van der Waals surface area contributed by atoms with Crippen LogP contribution in [0.3, 0.4) is 0 Å². The van der Waals surface area contributed by atoms with E-state index in [0.717, 1.165) is 11.3 Å². The number of methoxy groups -OCH3 is 1. The molecule has 7 nitrogen and oxygen atoms in total. The first-order valence-corrected chi connectivity index (χ1v) is 15.3. The Hall–Kier alpha value is -2.31. The SMILES string of the molecule is COC(=O)C1CCC(F)(F)CC1c1nc(-c2cncc(Cl)c2)sc1-c1ccc(N2CCS(O)(O)CC2)cc1. The van der Waals surface area contributed by atoms with Gasteiger partial charge in [-0.05, 0) is 30.2 Å². The fourth-order valence-corrected chi connectivity index (χ4v) is 7.63. The fraction of sp³-hybridized carbons (Fsp3) is 0.423. The molecular formula is C26H28ClF2N3O4S2. The molecule has 2 fully saturated rings. The van der Waals surface area contributed by atoms with Gasteiger partial charge in [0.05, 0.1) is 40.1 Å². The molecule has 0 radical (unpaired) electrons. The molecule has 2 N–H and O–H groups in total. The maximum absolute atomic E-state index is 14.7. The Morgan fingerprint density at radius 1 is 1.18 bits per heavy atom. The zero-order valence-electron chi connectivity index (χ0n) is 20.6. The highest BCUT2D eigenvalue weighted by molar-refractivity contribution is 8.24. The number of anilines is 1. The minimum Gasteiger partial charge on any atom is -0.469 e. The second-order valence-corrected chi connectivity index (χ2v) is 13.6. The minimum absolute atomic E-state index is 0.0163. The second-order valence-electron chi connectivity index (χ2n) is 9.70. The first-order valence-electron chi connectivity index (χ1n) is 12.2. The van der Waals surface area contributed by atoms with Crippen LogP contribution in [0.2, 0.25) is 5.02 Å². The first-order chi connectivity index (χ1) is 18.0. The average molecular weight is 584 g/mol. The molecule has 2 atom stereocenters. The Morgan fingerprint density at radius 2 is 1.89 bits per heavy atom. The predicted octanol–water partition coefficient (Wildman–Crippen LogP) is 6.79. The highest BCUT2D eigenvalue weighted by Crippen LogP contribution is 2.50. The normalized spacial score (nSPS) is 23.6. The van der Waals surface area contributed by atoms with E-state index in [-0.39, 0.29) is 12.8 Å². The molecule has 2 aromatic heterocycles.